The van der Waals surface area contributed by atoms with Gasteiger partial charge in [0, 0.05) is 37.8 Å². The van der Waals surface area contributed by atoms with Crippen LogP contribution in [-0.2, 0) is 12.0 Å². The van der Waals surface area contributed by atoms with Gasteiger partial charge in [0.1, 0.15) is 5.82 Å². The van der Waals surface area contributed by atoms with Crippen LogP contribution in [0.25, 0.3) is 0 Å². The molecule has 1 saturated carbocycles. The fourth-order valence-electron chi connectivity index (χ4n) is 3.04. The van der Waals surface area contributed by atoms with E-state index in [-0.39, 0.29) is 41.1 Å². The SMILES string of the molecule is CN=C(NCc1ccnc(OCC(F)(F)F)c1)NCC1(c2ccccc2F)CC1.I. The summed E-state index contributed by atoms with van der Waals surface area (Å²) < 4.78 is 55.6. The maximum absolute atomic E-state index is 14.1. The standard InChI is InChI=1S/C20H22F4N4O.HI/c1-25-18(28-12-19(7-8-19)15-4-2-3-5-16(15)21)27-11-14-6-9-26-17(10-14)29-13-20(22,23)24;/h2-6,9-10H,7-8,11-13H2,1H3,(H2,25,27,28);1H. The summed E-state index contributed by atoms with van der Waals surface area (Å²) in [5.41, 5.74) is 1.15. The predicted octanol–water partition coefficient (Wildman–Crippen LogP) is 4.18. The molecule has 1 aromatic carbocycles. The van der Waals surface area contributed by atoms with Crippen LogP contribution in [0.3, 0.4) is 0 Å². The van der Waals surface area contributed by atoms with E-state index < -0.39 is 12.8 Å². The van der Waals surface area contributed by atoms with Crippen LogP contribution in [0.15, 0.2) is 47.6 Å². The van der Waals surface area contributed by atoms with E-state index in [1.165, 1.54) is 18.3 Å². The molecule has 0 bridgehead atoms. The van der Waals surface area contributed by atoms with Crippen molar-refractivity contribution in [3.63, 3.8) is 0 Å². The highest BCUT2D eigenvalue weighted by Gasteiger charge is 2.45. The first-order valence-electron chi connectivity index (χ1n) is 9.15. The van der Waals surface area contributed by atoms with Crippen LogP contribution in [0, 0.1) is 5.82 Å². The zero-order valence-electron chi connectivity index (χ0n) is 16.3. The average molecular weight is 538 g/mol. The lowest BCUT2D eigenvalue weighted by Crippen LogP contribution is -2.41. The van der Waals surface area contributed by atoms with E-state index in [2.05, 4.69) is 25.3 Å². The first kappa shape index (κ1) is 24.2. The first-order valence-corrected chi connectivity index (χ1v) is 9.15. The molecular formula is C20H23F4IN4O. The number of aromatic nitrogens is 1. The fraction of sp³-hybridized carbons (Fsp3) is 0.400. The van der Waals surface area contributed by atoms with Crippen molar-refractivity contribution in [2.45, 2.75) is 31.0 Å². The molecule has 1 aromatic heterocycles. The van der Waals surface area contributed by atoms with E-state index in [9.17, 15) is 17.6 Å². The number of aliphatic imine (C=N–C) groups is 1. The number of hydrogen-bond acceptors (Lipinski definition) is 3. The van der Waals surface area contributed by atoms with E-state index in [4.69, 9.17) is 0 Å². The van der Waals surface area contributed by atoms with Crippen LogP contribution in [0.1, 0.15) is 24.0 Å². The number of ether oxygens (including phenoxy) is 1. The molecule has 0 spiro atoms. The van der Waals surface area contributed by atoms with Gasteiger partial charge in [0.2, 0.25) is 5.88 Å². The monoisotopic (exact) mass is 538 g/mol. The van der Waals surface area contributed by atoms with Crippen molar-refractivity contribution in [1.29, 1.82) is 0 Å². The second-order valence-corrected chi connectivity index (χ2v) is 6.95. The van der Waals surface area contributed by atoms with Gasteiger partial charge in [-0.1, -0.05) is 18.2 Å². The van der Waals surface area contributed by atoms with Gasteiger partial charge in [-0.05, 0) is 36.1 Å². The highest BCUT2D eigenvalue weighted by molar-refractivity contribution is 14.0. The van der Waals surface area contributed by atoms with Crippen molar-refractivity contribution in [3.05, 3.63) is 59.5 Å². The Bertz CT molecular complexity index is 872. The van der Waals surface area contributed by atoms with Crippen molar-refractivity contribution in [1.82, 2.24) is 15.6 Å². The van der Waals surface area contributed by atoms with Crippen molar-refractivity contribution >= 4 is 29.9 Å². The number of halogens is 5. The zero-order chi connectivity index (χ0) is 20.9. The molecule has 1 aliphatic carbocycles. The van der Waals surface area contributed by atoms with Crippen molar-refractivity contribution in [3.8, 4) is 5.88 Å². The summed E-state index contributed by atoms with van der Waals surface area (Å²) in [6, 6.07) is 9.87. The fourth-order valence-corrected chi connectivity index (χ4v) is 3.04. The second-order valence-electron chi connectivity index (χ2n) is 6.95. The van der Waals surface area contributed by atoms with Gasteiger partial charge in [-0.25, -0.2) is 9.37 Å². The third-order valence-electron chi connectivity index (χ3n) is 4.76. The summed E-state index contributed by atoms with van der Waals surface area (Å²) in [4.78, 5) is 7.92. The van der Waals surface area contributed by atoms with Crippen LogP contribution in [0.2, 0.25) is 0 Å². The minimum Gasteiger partial charge on any atom is -0.468 e. The van der Waals surface area contributed by atoms with Crippen molar-refractivity contribution in [2.75, 3.05) is 20.2 Å². The van der Waals surface area contributed by atoms with E-state index in [0.717, 1.165) is 12.8 Å². The lowest BCUT2D eigenvalue weighted by Gasteiger charge is -2.19. The summed E-state index contributed by atoms with van der Waals surface area (Å²) in [5, 5.41) is 6.30. The predicted molar refractivity (Wildman–Crippen MR) is 117 cm³/mol. The minimum absolute atomic E-state index is 0. The molecule has 2 N–H and O–H groups in total. The van der Waals surface area contributed by atoms with E-state index >= 15 is 0 Å². The summed E-state index contributed by atoms with van der Waals surface area (Å²) in [6.45, 7) is -0.542. The quantitative estimate of drug-likeness (QED) is 0.241. The number of hydrogen-bond donors (Lipinski definition) is 2. The van der Waals surface area contributed by atoms with Gasteiger partial charge in [0.05, 0.1) is 0 Å². The third-order valence-corrected chi connectivity index (χ3v) is 4.76. The Labute approximate surface area is 189 Å². The number of rotatable bonds is 7. The Balaban J connectivity index is 0.00000320. The van der Waals surface area contributed by atoms with Gasteiger partial charge in [0.25, 0.3) is 0 Å². The number of alkyl halides is 3. The molecule has 3 rings (SSSR count). The lowest BCUT2D eigenvalue weighted by atomic mass is 9.95. The van der Waals surface area contributed by atoms with Crippen LogP contribution >= 0.6 is 24.0 Å². The molecule has 1 aliphatic rings. The van der Waals surface area contributed by atoms with Crippen LogP contribution in [-0.4, -0.2) is 37.3 Å². The molecule has 0 aliphatic heterocycles. The number of nitrogens with zero attached hydrogens (tertiary/aromatic N) is 2. The molecule has 0 radical (unpaired) electrons. The maximum atomic E-state index is 14.1. The highest BCUT2D eigenvalue weighted by Crippen LogP contribution is 2.48. The van der Waals surface area contributed by atoms with Crippen LogP contribution < -0.4 is 15.4 Å². The summed E-state index contributed by atoms with van der Waals surface area (Å²) >= 11 is 0. The van der Waals surface area contributed by atoms with Gasteiger partial charge in [0.15, 0.2) is 12.6 Å². The molecule has 1 fully saturated rings. The topological polar surface area (TPSA) is 58.5 Å². The van der Waals surface area contributed by atoms with Gasteiger partial charge in [-0.15, -0.1) is 24.0 Å². The van der Waals surface area contributed by atoms with Gasteiger partial charge >= 0.3 is 6.18 Å². The summed E-state index contributed by atoms with van der Waals surface area (Å²) in [6.07, 6.45) is -1.25. The molecule has 30 heavy (non-hydrogen) atoms. The summed E-state index contributed by atoms with van der Waals surface area (Å²) in [5.74, 6) is 0.209. The summed E-state index contributed by atoms with van der Waals surface area (Å²) in [7, 11) is 1.61. The third kappa shape index (κ3) is 6.71. The second kappa shape index (κ2) is 10.3. The van der Waals surface area contributed by atoms with Gasteiger partial charge in [-0.3, -0.25) is 4.99 Å². The van der Waals surface area contributed by atoms with Crippen molar-refractivity contribution in [2.24, 2.45) is 4.99 Å². The van der Waals surface area contributed by atoms with Crippen LogP contribution in [0.4, 0.5) is 17.6 Å². The lowest BCUT2D eigenvalue weighted by molar-refractivity contribution is -0.154. The molecule has 2 aromatic rings. The Morgan fingerprint density at radius 2 is 1.93 bits per heavy atom. The molecule has 164 valence electrons. The first-order chi connectivity index (χ1) is 13.8. The normalized spacial score (nSPS) is 15.2. The van der Waals surface area contributed by atoms with Gasteiger partial charge < -0.3 is 15.4 Å². The average Bonchev–Trinajstić information content (AvgIpc) is 3.47. The maximum Gasteiger partial charge on any atom is 0.422 e. The minimum atomic E-state index is -4.42. The van der Waals surface area contributed by atoms with Crippen LogP contribution in [0.5, 0.6) is 5.88 Å². The number of benzene rings is 1. The molecule has 0 unspecified atom stereocenters. The number of pyridine rings is 1. The van der Waals surface area contributed by atoms with E-state index in [0.29, 0.717) is 30.2 Å². The Hall–Kier alpha value is -2.11. The number of nitrogens with one attached hydrogen (secondary N) is 2. The van der Waals surface area contributed by atoms with Crippen molar-refractivity contribution < 1.29 is 22.3 Å². The molecular weight excluding hydrogens is 515 g/mol. The zero-order valence-corrected chi connectivity index (χ0v) is 18.6. The molecule has 0 saturated heterocycles. The Morgan fingerprint density at radius 1 is 1.20 bits per heavy atom. The Morgan fingerprint density at radius 3 is 2.57 bits per heavy atom. The Kier molecular flexibility index (Phi) is 8.27. The molecule has 1 heterocycles. The molecule has 0 amide bonds. The van der Waals surface area contributed by atoms with Gasteiger partial charge in [-0.2, -0.15) is 13.2 Å². The highest BCUT2D eigenvalue weighted by atomic mass is 127. The molecule has 10 heteroatoms. The van der Waals surface area contributed by atoms with E-state index in [1.807, 2.05) is 6.07 Å². The van der Waals surface area contributed by atoms with E-state index in [1.54, 1.807) is 25.2 Å². The number of guanidine groups is 1. The molecule has 0 atom stereocenters. The smallest absolute Gasteiger partial charge is 0.422 e. The largest absolute Gasteiger partial charge is 0.468 e. The molecule has 5 nitrogen and oxygen atoms in total.